The summed E-state index contributed by atoms with van der Waals surface area (Å²) in [7, 11) is 3.19. The summed E-state index contributed by atoms with van der Waals surface area (Å²) in [4.78, 5) is 19.1. The van der Waals surface area contributed by atoms with Crippen LogP contribution < -0.4 is 9.47 Å². The van der Waals surface area contributed by atoms with E-state index in [1.807, 2.05) is 17.0 Å². The second-order valence-corrected chi connectivity index (χ2v) is 7.48. The quantitative estimate of drug-likeness (QED) is 0.730. The maximum Gasteiger partial charge on any atom is 0.278 e. The topological polar surface area (TPSA) is 74.9 Å². The molecule has 0 atom stereocenters. The number of allylic oxidation sites excluding steroid dienone is 1. The van der Waals surface area contributed by atoms with Crippen molar-refractivity contribution < 1.29 is 14.3 Å². The Kier molecular flexibility index (Phi) is 5.47. The third kappa shape index (κ3) is 3.53. The number of rotatable bonds is 3. The fourth-order valence-corrected chi connectivity index (χ4v) is 4.04. The molecular formula is C23H20ClN3O3. The first-order valence-electron chi connectivity index (χ1n) is 9.59. The number of hydrogen-bond donors (Lipinski definition) is 0. The standard InChI is InChI=1S/C23H20ClN3O3/c1-29-19-11-15-9-10-27-21(26-23(28)14-3-6-17(24)7-4-14)8-5-16(13-25)22(27)18(15)12-20(19)30-2/h3-4,6-7,11-12H,5,8-10H2,1-2H3. The van der Waals surface area contributed by atoms with Gasteiger partial charge in [-0.15, -0.1) is 0 Å². The van der Waals surface area contributed by atoms with E-state index in [1.54, 1.807) is 38.5 Å². The van der Waals surface area contributed by atoms with Crippen molar-refractivity contribution in [2.45, 2.75) is 19.3 Å². The molecule has 1 amide bonds. The van der Waals surface area contributed by atoms with Crippen LogP contribution in [-0.4, -0.2) is 37.4 Å². The summed E-state index contributed by atoms with van der Waals surface area (Å²) in [6.07, 6.45) is 1.81. The minimum Gasteiger partial charge on any atom is -0.493 e. The van der Waals surface area contributed by atoms with Gasteiger partial charge >= 0.3 is 0 Å². The van der Waals surface area contributed by atoms with Crippen LogP contribution in [0.5, 0.6) is 11.5 Å². The first-order valence-corrected chi connectivity index (χ1v) is 9.97. The Morgan fingerprint density at radius 3 is 2.47 bits per heavy atom. The number of nitriles is 1. The van der Waals surface area contributed by atoms with Crippen LogP contribution in [0.2, 0.25) is 5.02 Å². The molecule has 0 N–H and O–H groups in total. The van der Waals surface area contributed by atoms with Crippen molar-refractivity contribution in [3.8, 4) is 17.6 Å². The second-order valence-electron chi connectivity index (χ2n) is 7.05. The van der Waals surface area contributed by atoms with Crippen molar-refractivity contribution in [3.63, 3.8) is 0 Å². The van der Waals surface area contributed by atoms with Gasteiger partial charge in [-0.1, -0.05) is 11.6 Å². The number of ether oxygens (including phenoxy) is 2. The van der Waals surface area contributed by atoms with Gasteiger partial charge in [0.1, 0.15) is 5.84 Å². The van der Waals surface area contributed by atoms with Gasteiger partial charge in [0.25, 0.3) is 5.91 Å². The second kappa shape index (κ2) is 8.21. The van der Waals surface area contributed by atoms with Crippen LogP contribution in [-0.2, 0) is 6.42 Å². The van der Waals surface area contributed by atoms with Crippen LogP contribution in [0.3, 0.4) is 0 Å². The van der Waals surface area contributed by atoms with E-state index in [0.717, 1.165) is 23.2 Å². The van der Waals surface area contributed by atoms with Gasteiger partial charge < -0.3 is 14.4 Å². The Bertz CT molecular complexity index is 1110. The van der Waals surface area contributed by atoms with Gasteiger partial charge in [0.15, 0.2) is 11.5 Å². The summed E-state index contributed by atoms with van der Waals surface area (Å²) in [5.41, 5.74) is 3.96. The minimum atomic E-state index is -0.320. The molecule has 2 aliphatic heterocycles. The number of aliphatic imine (C=N–C) groups is 1. The van der Waals surface area contributed by atoms with E-state index in [9.17, 15) is 10.1 Å². The number of nitrogens with zero attached hydrogens (tertiary/aromatic N) is 3. The maximum absolute atomic E-state index is 12.7. The number of carbonyl (C=O) groups is 1. The van der Waals surface area contributed by atoms with Crippen molar-refractivity contribution in [1.29, 1.82) is 5.26 Å². The molecule has 6 nitrogen and oxygen atoms in total. The fraction of sp³-hybridized carbons (Fsp3) is 0.261. The number of amidine groups is 1. The molecule has 0 fully saturated rings. The SMILES string of the molecule is COc1cc2c(cc1OC)C1=C(C#N)CCC(=NC(=O)c3ccc(Cl)cc3)N1CC2. The maximum atomic E-state index is 12.7. The van der Waals surface area contributed by atoms with Crippen LogP contribution in [0.25, 0.3) is 5.70 Å². The number of fused-ring (bicyclic) bond motifs is 3. The number of methoxy groups -OCH3 is 2. The van der Waals surface area contributed by atoms with Gasteiger partial charge in [0.2, 0.25) is 0 Å². The molecular weight excluding hydrogens is 402 g/mol. The van der Waals surface area contributed by atoms with Crippen molar-refractivity contribution in [2.24, 2.45) is 4.99 Å². The zero-order valence-electron chi connectivity index (χ0n) is 16.7. The van der Waals surface area contributed by atoms with Crippen LogP contribution in [0, 0.1) is 11.3 Å². The van der Waals surface area contributed by atoms with Crippen molar-refractivity contribution in [1.82, 2.24) is 4.90 Å². The third-order valence-electron chi connectivity index (χ3n) is 5.39. The van der Waals surface area contributed by atoms with E-state index in [1.165, 1.54) is 0 Å². The first kappa shape index (κ1) is 20.0. The van der Waals surface area contributed by atoms with E-state index in [0.29, 0.717) is 52.9 Å². The highest BCUT2D eigenvalue weighted by Crippen LogP contribution is 2.41. The van der Waals surface area contributed by atoms with Crippen molar-refractivity contribution >= 4 is 29.0 Å². The molecule has 0 saturated carbocycles. The van der Waals surface area contributed by atoms with Crippen molar-refractivity contribution in [2.75, 3.05) is 20.8 Å². The Balaban J connectivity index is 1.76. The van der Waals surface area contributed by atoms with Gasteiger partial charge in [-0.2, -0.15) is 10.3 Å². The van der Waals surface area contributed by atoms with E-state index in [4.69, 9.17) is 21.1 Å². The summed E-state index contributed by atoms with van der Waals surface area (Å²) >= 11 is 5.91. The molecule has 2 heterocycles. The largest absolute Gasteiger partial charge is 0.493 e. The molecule has 2 aromatic rings. The fourth-order valence-electron chi connectivity index (χ4n) is 3.91. The first-order chi connectivity index (χ1) is 14.5. The molecule has 7 heteroatoms. The molecule has 0 saturated heterocycles. The molecule has 0 spiro atoms. The normalized spacial score (nSPS) is 16.6. The molecule has 0 aliphatic carbocycles. The van der Waals surface area contributed by atoms with Gasteiger partial charge in [-0.25, -0.2) is 0 Å². The van der Waals surface area contributed by atoms with Crippen LogP contribution >= 0.6 is 11.6 Å². The summed E-state index contributed by atoms with van der Waals surface area (Å²) in [5.74, 6) is 1.61. The number of amides is 1. The van der Waals surface area contributed by atoms with Gasteiger partial charge in [0, 0.05) is 29.1 Å². The zero-order chi connectivity index (χ0) is 21.3. The Morgan fingerprint density at radius 2 is 1.80 bits per heavy atom. The smallest absolute Gasteiger partial charge is 0.278 e. The highest BCUT2D eigenvalue weighted by atomic mass is 35.5. The lowest BCUT2D eigenvalue weighted by Crippen LogP contribution is -2.38. The third-order valence-corrected chi connectivity index (χ3v) is 5.64. The molecule has 0 radical (unpaired) electrons. The number of benzene rings is 2. The summed E-state index contributed by atoms with van der Waals surface area (Å²) in [5, 5.41) is 10.3. The summed E-state index contributed by atoms with van der Waals surface area (Å²) in [6.45, 7) is 0.635. The molecule has 2 aromatic carbocycles. The molecule has 2 aliphatic rings. The Labute approximate surface area is 180 Å². The average Bonchev–Trinajstić information content (AvgIpc) is 2.78. The predicted molar refractivity (Wildman–Crippen MR) is 115 cm³/mol. The number of carbonyl (C=O) groups excluding carboxylic acids is 1. The summed E-state index contributed by atoms with van der Waals surface area (Å²) in [6, 6.07) is 12.9. The lowest BCUT2D eigenvalue weighted by molar-refractivity contribution is 0.100. The number of halogens is 1. The van der Waals surface area contributed by atoms with E-state index in [-0.39, 0.29) is 5.91 Å². The lowest BCUT2D eigenvalue weighted by atomic mass is 9.89. The van der Waals surface area contributed by atoms with Crippen LogP contribution in [0.4, 0.5) is 0 Å². The predicted octanol–water partition coefficient (Wildman–Crippen LogP) is 4.48. The minimum absolute atomic E-state index is 0.320. The molecule has 4 rings (SSSR count). The van der Waals surface area contributed by atoms with Gasteiger partial charge in [-0.3, -0.25) is 4.79 Å². The van der Waals surface area contributed by atoms with E-state index >= 15 is 0 Å². The zero-order valence-corrected chi connectivity index (χ0v) is 17.5. The molecule has 0 aromatic heterocycles. The van der Waals surface area contributed by atoms with E-state index in [2.05, 4.69) is 11.1 Å². The van der Waals surface area contributed by atoms with Gasteiger partial charge in [0.05, 0.1) is 31.6 Å². The monoisotopic (exact) mass is 421 g/mol. The summed E-state index contributed by atoms with van der Waals surface area (Å²) < 4.78 is 10.9. The Morgan fingerprint density at radius 1 is 1.10 bits per heavy atom. The molecule has 152 valence electrons. The lowest BCUT2D eigenvalue weighted by Gasteiger charge is -2.38. The Hall–Kier alpha value is -3.30. The van der Waals surface area contributed by atoms with Crippen molar-refractivity contribution in [3.05, 3.63) is 63.7 Å². The number of hydrogen-bond acceptors (Lipinski definition) is 4. The molecule has 30 heavy (non-hydrogen) atoms. The molecule has 0 bridgehead atoms. The average molecular weight is 422 g/mol. The highest BCUT2D eigenvalue weighted by molar-refractivity contribution is 6.30. The van der Waals surface area contributed by atoms with Crippen LogP contribution in [0.15, 0.2) is 47.0 Å². The highest BCUT2D eigenvalue weighted by Gasteiger charge is 2.32. The van der Waals surface area contributed by atoms with Crippen LogP contribution in [0.1, 0.15) is 34.3 Å². The van der Waals surface area contributed by atoms with Gasteiger partial charge in [-0.05, 0) is 54.8 Å². The molecule has 0 unspecified atom stereocenters. The van der Waals surface area contributed by atoms with E-state index < -0.39 is 0 Å².